The van der Waals surface area contributed by atoms with Crippen LogP contribution in [0.15, 0.2) is 73.1 Å². The van der Waals surface area contributed by atoms with Gasteiger partial charge < -0.3 is 52.4 Å². The minimum Gasteiger partial charge on any atom is -0.414 e. The number of benzene rings is 2. The van der Waals surface area contributed by atoms with Gasteiger partial charge in [0.25, 0.3) is 23.2 Å². The average Bonchev–Trinajstić information content (AvgIpc) is 3.95. The number of nitrogens with one attached hydrogen (secondary N) is 3. The van der Waals surface area contributed by atoms with Gasteiger partial charge in [-0.25, -0.2) is 29.5 Å². The number of nitro groups is 2. The van der Waals surface area contributed by atoms with Crippen molar-refractivity contribution in [1.29, 1.82) is 0 Å². The zero-order valence-corrected chi connectivity index (χ0v) is 40.1. The lowest BCUT2D eigenvalue weighted by molar-refractivity contribution is -0.385. The second-order valence-electron chi connectivity index (χ2n) is 15.5. The van der Waals surface area contributed by atoms with Crippen LogP contribution in [0.5, 0.6) is 11.5 Å². The zero-order chi connectivity index (χ0) is 51.2. The van der Waals surface area contributed by atoms with Gasteiger partial charge in [0.15, 0.2) is 23.0 Å². The standard InChI is InChI=1S/C21H22N8O5S.C14H19N7OS.C7H4ClNO4/c1-12-9-17(35-27-12)26-20-18(19(22)30)23-10-16(25-20)28-8-2-3-13(11-28)24-21(31)34-15-6-4-14(5-7-15)29(32)33;1-8-5-11(23-20-8)19-14-12(13(16)22)17-6-10(18-14)21-4-2-3-9(15)7-21;8-7(10)13-6-3-1-5(2-4-6)9(11)12/h4-7,9-10,13H,2-3,8,11H2,1H3,(H2,22,30)(H,24,31)(H,25,26);5-6,9H,2-4,7,15H2,1H3,(H2,16,22)(H,18,19);1-4H. The van der Waals surface area contributed by atoms with Crippen molar-refractivity contribution in [2.75, 3.05) is 46.6 Å². The molecule has 4 aromatic heterocycles. The van der Waals surface area contributed by atoms with E-state index in [0.717, 1.165) is 55.2 Å². The molecule has 2 atom stereocenters. The van der Waals surface area contributed by atoms with Gasteiger partial charge in [-0.05, 0) is 99.0 Å². The SMILES string of the molecule is Cc1cc(Nc2nc(N3CCCC(N)C3)cnc2C(N)=O)sn1.Cc1cc(Nc2nc(N3CCCC(NC(=O)Oc4ccc([N+](=O)[O-])cc4)C3)cnc2C(N)=O)sn1.O=C(Cl)Oc1ccc([N+](=O)[O-])cc1. The Morgan fingerprint density at radius 3 is 1.58 bits per heavy atom. The van der Waals surface area contributed by atoms with Gasteiger partial charge in [0, 0.05) is 74.1 Å². The molecular formula is C42H45ClN16O10S2. The van der Waals surface area contributed by atoms with Crippen LogP contribution in [0.4, 0.5) is 54.2 Å². The highest BCUT2D eigenvalue weighted by Gasteiger charge is 2.26. The van der Waals surface area contributed by atoms with E-state index in [1.54, 1.807) is 6.20 Å². The number of rotatable bonds is 13. The summed E-state index contributed by atoms with van der Waals surface area (Å²) in [5.41, 5.74) is 17.6. The van der Waals surface area contributed by atoms with E-state index in [9.17, 15) is 39.4 Å². The van der Waals surface area contributed by atoms with Crippen LogP contribution in [-0.4, -0.2) is 100 Å². The van der Waals surface area contributed by atoms with Crippen molar-refractivity contribution in [3.63, 3.8) is 0 Å². The van der Waals surface area contributed by atoms with E-state index in [0.29, 0.717) is 35.5 Å². The van der Waals surface area contributed by atoms with Crippen molar-refractivity contribution in [1.82, 2.24) is 34.0 Å². The summed E-state index contributed by atoms with van der Waals surface area (Å²) in [6.07, 6.45) is 5.90. The van der Waals surface area contributed by atoms with Crippen LogP contribution < -0.4 is 52.4 Å². The van der Waals surface area contributed by atoms with Gasteiger partial charge >= 0.3 is 11.5 Å². The van der Waals surface area contributed by atoms with Crippen molar-refractivity contribution in [3.05, 3.63) is 116 Å². The minimum absolute atomic E-state index is 0.0122. The maximum absolute atomic E-state index is 12.3. The van der Waals surface area contributed by atoms with E-state index < -0.39 is 33.2 Å². The largest absolute Gasteiger partial charge is 0.414 e. The molecule has 6 aromatic rings. The molecule has 2 aromatic carbocycles. The van der Waals surface area contributed by atoms with Gasteiger partial charge in [0.1, 0.15) is 33.1 Å². The van der Waals surface area contributed by atoms with Gasteiger partial charge in [-0.2, -0.15) is 8.75 Å². The highest BCUT2D eigenvalue weighted by atomic mass is 35.5. The third-order valence-corrected chi connectivity index (χ3v) is 11.7. The summed E-state index contributed by atoms with van der Waals surface area (Å²) in [5.74, 6) is 0.823. The number of aryl methyl sites for hydroxylation is 2. The van der Waals surface area contributed by atoms with Crippen LogP contribution in [0, 0.1) is 34.1 Å². The number of hydrogen-bond donors (Lipinski definition) is 6. The summed E-state index contributed by atoms with van der Waals surface area (Å²) in [5, 5.41) is 31.4. The number of nitrogens with two attached hydrogens (primary N) is 3. The number of carbonyl (C=O) groups excluding carboxylic acids is 4. The van der Waals surface area contributed by atoms with Crippen LogP contribution in [0.2, 0.25) is 0 Å². The van der Waals surface area contributed by atoms with Crippen molar-refractivity contribution in [2.45, 2.75) is 51.6 Å². The molecule has 0 aliphatic carbocycles. The van der Waals surface area contributed by atoms with Crippen molar-refractivity contribution < 1.29 is 38.5 Å². The summed E-state index contributed by atoms with van der Waals surface area (Å²) in [6, 6.07) is 13.9. The number of carbonyl (C=O) groups is 4. The zero-order valence-electron chi connectivity index (χ0n) is 37.7. The topological polar surface area (TPSA) is 371 Å². The number of ether oxygens (including phenoxy) is 2. The Morgan fingerprint density at radius 2 is 1.17 bits per heavy atom. The van der Waals surface area contributed by atoms with Crippen LogP contribution in [0.1, 0.15) is 58.0 Å². The smallest absolute Gasteiger partial charge is 0.412 e. The predicted molar refractivity (Wildman–Crippen MR) is 263 cm³/mol. The lowest BCUT2D eigenvalue weighted by atomic mass is 10.1. The molecule has 2 fully saturated rings. The Balaban J connectivity index is 0.000000195. The first-order chi connectivity index (χ1) is 33.9. The molecule has 2 unspecified atom stereocenters. The number of aromatic nitrogens is 6. The van der Waals surface area contributed by atoms with E-state index in [1.807, 2.05) is 30.9 Å². The highest BCUT2D eigenvalue weighted by molar-refractivity contribution is 7.10. The molecule has 0 spiro atoms. The number of piperidine rings is 2. The lowest BCUT2D eigenvalue weighted by Crippen LogP contribution is -2.48. The number of nitrogens with zero attached hydrogens (tertiary/aromatic N) is 10. The van der Waals surface area contributed by atoms with Crippen LogP contribution >= 0.6 is 34.7 Å². The van der Waals surface area contributed by atoms with Crippen molar-refractivity contribution in [3.8, 4) is 11.5 Å². The second-order valence-corrected chi connectivity index (χ2v) is 17.4. The number of halogens is 1. The molecule has 29 heteroatoms. The maximum atomic E-state index is 12.3. The Hall–Kier alpha value is -8.21. The van der Waals surface area contributed by atoms with Crippen LogP contribution in [-0.2, 0) is 0 Å². The quantitative estimate of drug-likeness (QED) is 0.0432. The molecule has 2 saturated heterocycles. The van der Waals surface area contributed by atoms with Crippen LogP contribution in [0.25, 0.3) is 0 Å². The van der Waals surface area contributed by atoms with Gasteiger partial charge in [0.2, 0.25) is 0 Å². The monoisotopic (exact) mass is 1030 g/mol. The molecule has 2 aliphatic rings. The number of nitro benzene ring substituents is 2. The summed E-state index contributed by atoms with van der Waals surface area (Å²) < 4.78 is 18.1. The fraction of sp³-hybridized carbons (Fsp3) is 0.286. The van der Waals surface area contributed by atoms with E-state index in [4.69, 9.17) is 33.5 Å². The third-order valence-electron chi connectivity index (χ3n) is 10.1. The van der Waals surface area contributed by atoms with E-state index in [2.05, 4.69) is 54.3 Å². The highest BCUT2D eigenvalue weighted by Crippen LogP contribution is 2.28. The molecule has 3 amide bonds. The molecule has 6 heterocycles. The molecular weight excluding hydrogens is 988 g/mol. The second kappa shape index (κ2) is 24.4. The fourth-order valence-electron chi connectivity index (χ4n) is 6.87. The summed E-state index contributed by atoms with van der Waals surface area (Å²) in [6.45, 7) is 6.47. The molecule has 0 saturated carbocycles. The van der Waals surface area contributed by atoms with Gasteiger partial charge in [-0.1, -0.05) is 0 Å². The third kappa shape index (κ3) is 15.4. The predicted octanol–water partition coefficient (Wildman–Crippen LogP) is 6.09. The van der Waals surface area contributed by atoms with E-state index in [1.165, 1.54) is 77.8 Å². The van der Waals surface area contributed by atoms with Gasteiger partial charge in [-0.15, -0.1) is 0 Å². The molecule has 0 bridgehead atoms. The normalized spacial score (nSPS) is 15.1. The number of non-ortho nitro benzene ring substituents is 2. The van der Waals surface area contributed by atoms with Gasteiger partial charge in [0.05, 0.1) is 33.6 Å². The van der Waals surface area contributed by atoms with Crippen LogP contribution in [0.3, 0.4) is 0 Å². The molecule has 26 nitrogen and oxygen atoms in total. The first-order valence-electron chi connectivity index (χ1n) is 21.2. The summed E-state index contributed by atoms with van der Waals surface area (Å²) >= 11 is 7.44. The molecule has 372 valence electrons. The Kier molecular flexibility index (Phi) is 17.9. The number of hydrogen-bond acceptors (Lipinski definition) is 23. The maximum Gasteiger partial charge on any atom is 0.412 e. The molecule has 71 heavy (non-hydrogen) atoms. The summed E-state index contributed by atoms with van der Waals surface area (Å²) in [4.78, 5) is 87.4. The Bertz CT molecular complexity index is 2870. The molecule has 0 radical (unpaired) electrons. The fourth-order valence-corrected chi connectivity index (χ4v) is 8.28. The molecule has 2 aliphatic heterocycles. The first kappa shape index (κ1) is 52.2. The average molecular weight is 1030 g/mol. The molecule has 9 N–H and O–H groups in total. The van der Waals surface area contributed by atoms with Gasteiger partial charge in [-0.3, -0.25) is 29.8 Å². The van der Waals surface area contributed by atoms with E-state index >= 15 is 0 Å². The number of anilines is 6. The minimum atomic E-state index is -0.978. The number of primary amides is 2. The lowest BCUT2D eigenvalue weighted by Gasteiger charge is -2.33. The van der Waals surface area contributed by atoms with E-state index in [-0.39, 0.29) is 52.2 Å². The van der Waals surface area contributed by atoms with Crippen molar-refractivity contribution >= 4 is 103 Å². The summed E-state index contributed by atoms with van der Waals surface area (Å²) in [7, 11) is 0. The van der Waals surface area contributed by atoms with Crippen molar-refractivity contribution in [2.24, 2.45) is 17.2 Å². The number of amides is 3. The Labute approximate surface area is 416 Å². The molecule has 8 rings (SSSR count). The Morgan fingerprint density at radius 1 is 0.718 bits per heavy atom. The first-order valence-corrected chi connectivity index (χ1v) is 23.2.